The molecule has 0 aliphatic carbocycles. The monoisotopic (exact) mass is 348 g/mol. The van der Waals surface area contributed by atoms with Crippen molar-refractivity contribution in [3.63, 3.8) is 0 Å². The van der Waals surface area contributed by atoms with Gasteiger partial charge in [-0.15, -0.1) is 0 Å². The molecule has 130 valence electrons. The van der Waals surface area contributed by atoms with Crippen LogP contribution in [-0.4, -0.2) is 9.73 Å². The maximum absolute atomic E-state index is 13.1. The standard InChI is InChI=1S/C19H25FN2OS/c1-6-19(5,22-24-18(2,3)4)14-11-16(21-17(23)12-14)13-7-9-15(20)10-8-13/h7-12,22H,6H2,1-5H3,(H,21,23). The number of rotatable bonds is 5. The SMILES string of the molecule is CCC(C)(NSC(C)(C)C)c1cc(-c2ccc(F)cc2)[nH]c(=O)c1. The lowest BCUT2D eigenvalue weighted by atomic mass is 9.90. The first-order chi connectivity index (χ1) is 11.1. The Bertz CT molecular complexity index is 749. The Kier molecular flexibility index (Phi) is 5.56. The highest BCUT2D eigenvalue weighted by molar-refractivity contribution is 7.98. The molecule has 1 heterocycles. The van der Waals surface area contributed by atoms with Gasteiger partial charge in [-0.05, 0) is 75.6 Å². The zero-order chi connectivity index (χ0) is 18.0. The van der Waals surface area contributed by atoms with E-state index in [4.69, 9.17) is 0 Å². The zero-order valence-corrected chi connectivity index (χ0v) is 15.7. The molecule has 0 fully saturated rings. The van der Waals surface area contributed by atoms with Gasteiger partial charge in [-0.2, -0.15) is 0 Å². The molecule has 2 N–H and O–H groups in total. The zero-order valence-electron chi connectivity index (χ0n) is 14.9. The second-order valence-electron chi connectivity index (χ2n) is 7.16. The van der Waals surface area contributed by atoms with Gasteiger partial charge in [0, 0.05) is 16.5 Å². The van der Waals surface area contributed by atoms with Gasteiger partial charge in [-0.25, -0.2) is 4.39 Å². The van der Waals surface area contributed by atoms with E-state index in [1.54, 1.807) is 30.1 Å². The smallest absolute Gasteiger partial charge is 0.248 e. The fraction of sp³-hybridized carbons (Fsp3) is 0.421. The quantitative estimate of drug-likeness (QED) is 0.760. The Balaban J connectivity index is 2.42. The number of benzene rings is 1. The summed E-state index contributed by atoms with van der Waals surface area (Å²) in [5, 5.41) is 0. The van der Waals surface area contributed by atoms with Crippen LogP contribution in [0, 0.1) is 5.82 Å². The predicted molar refractivity (Wildman–Crippen MR) is 101 cm³/mol. The molecule has 0 aliphatic rings. The molecule has 1 aromatic heterocycles. The average Bonchev–Trinajstić information content (AvgIpc) is 2.52. The van der Waals surface area contributed by atoms with E-state index in [0.29, 0.717) is 5.69 Å². The molecule has 5 heteroatoms. The van der Waals surface area contributed by atoms with Crippen molar-refractivity contribution in [3.05, 3.63) is 58.1 Å². The number of H-pyrrole nitrogens is 1. The minimum absolute atomic E-state index is 0.0669. The van der Waals surface area contributed by atoms with Crippen molar-refractivity contribution < 1.29 is 4.39 Å². The number of nitrogens with one attached hydrogen (secondary N) is 2. The molecule has 0 radical (unpaired) electrons. The van der Waals surface area contributed by atoms with Crippen molar-refractivity contribution in [1.29, 1.82) is 0 Å². The van der Waals surface area contributed by atoms with E-state index >= 15 is 0 Å². The van der Waals surface area contributed by atoms with Crippen molar-refractivity contribution in [3.8, 4) is 11.3 Å². The lowest BCUT2D eigenvalue weighted by Crippen LogP contribution is -2.37. The molecule has 1 unspecified atom stereocenters. The first kappa shape index (κ1) is 18.7. The summed E-state index contributed by atoms with van der Waals surface area (Å²) in [6, 6.07) is 9.73. The van der Waals surface area contributed by atoms with Crippen molar-refractivity contribution in [2.45, 2.75) is 51.3 Å². The van der Waals surface area contributed by atoms with Gasteiger partial charge in [-0.1, -0.05) is 18.9 Å². The molecule has 0 saturated carbocycles. The summed E-state index contributed by atoms with van der Waals surface area (Å²) in [7, 11) is 0. The minimum Gasteiger partial charge on any atom is -0.322 e. The number of hydrogen-bond acceptors (Lipinski definition) is 3. The van der Waals surface area contributed by atoms with Gasteiger partial charge in [0.15, 0.2) is 0 Å². The highest BCUT2D eigenvalue weighted by Crippen LogP contribution is 2.32. The van der Waals surface area contributed by atoms with Crippen LogP contribution in [0.5, 0.6) is 0 Å². The van der Waals surface area contributed by atoms with Crippen LogP contribution in [-0.2, 0) is 5.54 Å². The van der Waals surface area contributed by atoms with Crippen molar-refractivity contribution in [1.82, 2.24) is 9.71 Å². The van der Waals surface area contributed by atoms with Crippen LogP contribution in [0.2, 0.25) is 0 Å². The van der Waals surface area contributed by atoms with Crippen LogP contribution in [0.25, 0.3) is 11.3 Å². The number of pyridine rings is 1. The maximum Gasteiger partial charge on any atom is 0.248 e. The molecule has 1 atom stereocenters. The molecule has 0 bridgehead atoms. The van der Waals surface area contributed by atoms with E-state index in [-0.39, 0.29) is 21.7 Å². The minimum atomic E-state index is -0.332. The lowest BCUT2D eigenvalue weighted by Gasteiger charge is -2.33. The summed E-state index contributed by atoms with van der Waals surface area (Å²) in [6.07, 6.45) is 0.836. The largest absolute Gasteiger partial charge is 0.322 e. The van der Waals surface area contributed by atoms with Gasteiger partial charge in [0.05, 0.1) is 5.54 Å². The summed E-state index contributed by atoms with van der Waals surface area (Å²) in [5.74, 6) is -0.293. The van der Waals surface area contributed by atoms with Crippen LogP contribution < -0.4 is 10.3 Å². The van der Waals surface area contributed by atoms with Crippen molar-refractivity contribution >= 4 is 11.9 Å². The Labute approximate surface area is 147 Å². The lowest BCUT2D eigenvalue weighted by molar-refractivity contribution is 0.436. The Morgan fingerprint density at radius 1 is 1.12 bits per heavy atom. The molecule has 1 aromatic carbocycles. The topological polar surface area (TPSA) is 44.9 Å². The molecule has 0 saturated heterocycles. The number of aromatic amines is 1. The maximum atomic E-state index is 13.1. The molecule has 24 heavy (non-hydrogen) atoms. The average molecular weight is 348 g/mol. The highest BCUT2D eigenvalue weighted by Gasteiger charge is 2.27. The van der Waals surface area contributed by atoms with Crippen LogP contribution in [0.1, 0.15) is 46.6 Å². The number of aromatic nitrogens is 1. The van der Waals surface area contributed by atoms with Gasteiger partial charge in [-0.3, -0.25) is 9.52 Å². The second kappa shape index (κ2) is 7.11. The summed E-state index contributed by atoms with van der Waals surface area (Å²) in [6.45, 7) is 10.6. The van der Waals surface area contributed by atoms with Gasteiger partial charge < -0.3 is 4.98 Å². The van der Waals surface area contributed by atoms with Crippen LogP contribution >= 0.6 is 11.9 Å². The van der Waals surface area contributed by atoms with E-state index in [1.807, 2.05) is 6.07 Å². The molecule has 0 amide bonds. The molecule has 2 rings (SSSR count). The molecule has 2 aromatic rings. The van der Waals surface area contributed by atoms with Crippen molar-refractivity contribution in [2.24, 2.45) is 0 Å². The van der Waals surface area contributed by atoms with Crippen LogP contribution in [0.4, 0.5) is 4.39 Å². The van der Waals surface area contributed by atoms with Gasteiger partial charge >= 0.3 is 0 Å². The van der Waals surface area contributed by atoms with Gasteiger partial charge in [0.2, 0.25) is 5.56 Å². The molecule has 0 spiro atoms. The first-order valence-corrected chi connectivity index (χ1v) is 8.90. The Morgan fingerprint density at radius 2 is 1.75 bits per heavy atom. The normalized spacial score (nSPS) is 14.4. The van der Waals surface area contributed by atoms with Gasteiger partial charge in [0.25, 0.3) is 0 Å². The third-order valence-electron chi connectivity index (χ3n) is 3.93. The van der Waals surface area contributed by atoms with Crippen LogP contribution in [0.3, 0.4) is 0 Å². The van der Waals surface area contributed by atoms with Crippen LogP contribution in [0.15, 0.2) is 41.2 Å². The van der Waals surface area contributed by atoms with E-state index in [2.05, 4.69) is 44.3 Å². The summed E-state index contributed by atoms with van der Waals surface area (Å²) in [4.78, 5) is 15.0. The molecular weight excluding hydrogens is 323 g/mol. The van der Waals surface area contributed by atoms with E-state index in [9.17, 15) is 9.18 Å². The first-order valence-electron chi connectivity index (χ1n) is 8.09. The highest BCUT2D eigenvalue weighted by atomic mass is 32.2. The summed E-state index contributed by atoms with van der Waals surface area (Å²) in [5.41, 5.74) is 1.91. The Morgan fingerprint density at radius 3 is 2.29 bits per heavy atom. The van der Waals surface area contributed by atoms with Gasteiger partial charge in [0.1, 0.15) is 5.82 Å². The molecular formula is C19H25FN2OS. The third-order valence-corrected chi connectivity index (χ3v) is 5.09. The Hall–Kier alpha value is -1.59. The van der Waals surface area contributed by atoms with E-state index in [1.165, 1.54) is 12.1 Å². The molecule has 0 aliphatic heterocycles. The van der Waals surface area contributed by atoms with Crippen molar-refractivity contribution in [2.75, 3.05) is 0 Å². The number of hydrogen-bond donors (Lipinski definition) is 2. The summed E-state index contributed by atoms with van der Waals surface area (Å²) >= 11 is 1.66. The molecule has 3 nitrogen and oxygen atoms in total. The summed E-state index contributed by atoms with van der Waals surface area (Å²) < 4.78 is 16.7. The predicted octanol–water partition coefficient (Wildman–Crippen LogP) is 4.84. The van der Waals surface area contributed by atoms with E-state index in [0.717, 1.165) is 17.5 Å². The van der Waals surface area contributed by atoms with E-state index < -0.39 is 0 Å². The second-order valence-corrected chi connectivity index (χ2v) is 8.79. The fourth-order valence-corrected chi connectivity index (χ4v) is 3.04. The fourth-order valence-electron chi connectivity index (χ4n) is 2.25. The third kappa shape index (κ3) is 4.71. The number of halogens is 1.